The zero-order chi connectivity index (χ0) is 13.8. The number of carbonyl (C=O) groups excluding carboxylic acids is 2. The van der Waals surface area contributed by atoms with Crippen LogP contribution in [0.3, 0.4) is 0 Å². The quantitative estimate of drug-likeness (QED) is 0.886. The van der Waals surface area contributed by atoms with Gasteiger partial charge in [-0.05, 0) is 13.3 Å². The van der Waals surface area contributed by atoms with Crippen LogP contribution < -0.4 is 5.32 Å². The lowest BCUT2D eigenvalue weighted by molar-refractivity contribution is -0.128. The number of anilines is 1. The van der Waals surface area contributed by atoms with Gasteiger partial charge in [-0.25, -0.2) is 0 Å². The summed E-state index contributed by atoms with van der Waals surface area (Å²) in [5, 5.41) is 11.7. The van der Waals surface area contributed by atoms with E-state index in [1.165, 1.54) is 11.3 Å². The third kappa shape index (κ3) is 3.50. The van der Waals surface area contributed by atoms with E-state index in [-0.39, 0.29) is 17.7 Å². The summed E-state index contributed by atoms with van der Waals surface area (Å²) in [6.07, 6.45) is 2.33. The van der Waals surface area contributed by atoms with Gasteiger partial charge in [0.15, 0.2) is 0 Å². The van der Waals surface area contributed by atoms with Gasteiger partial charge in [-0.15, -0.1) is 10.2 Å². The van der Waals surface area contributed by atoms with Gasteiger partial charge in [0.1, 0.15) is 5.01 Å². The number of aryl methyl sites for hydroxylation is 1. The molecule has 0 spiro atoms. The van der Waals surface area contributed by atoms with Crippen LogP contribution in [0.1, 0.15) is 31.2 Å². The van der Waals surface area contributed by atoms with Crippen molar-refractivity contribution in [1.29, 1.82) is 0 Å². The molecule has 1 fully saturated rings. The lowest BCUT2D eigenvalue weighted by Gasteiger charge is -2.15. The zero-order valence-corrected chi connectivity index (χ0v) is 12.0. The third-order valence-corrected chi connectivity index (χ3v) is 3.88. The summed E-state index contributed by atoms with van der Waals surface area (Å²) in [7, 11) is 0. The van der Waals surface area contributed by atoms with Crippen LogP contribution in [0.2, 0.25) is 0 Å². The Kier molecular flexibility index (Phi) is 4.47. The molecule has 1 aromatic rings. The Hall–Kier alpha value is -1.50. The smallest absolute Gasteiger partial charge is 0.231 e. The second kappa shape index (κ2) is 6.10. The lowest BCUT2D eigenvalue weighted by Crippen LogP contribution is -2.29. The fraction of sp³-hybridized carbons (Fsp3) is 0.667. The topological polar surface area (TPSA) is 75.2 Å². The van der Waals surface area contributed by atoms with Crippen molar-refractivity contribution in [2.75, 3.05) is 18.4 Å². The van der Waals surface area contributed by atoms with Crippen LogP contribution in [0.4, 0.5) is 5.13 Å². The summed E-state index contributed by atoms with van der Waals surface area (Å²) in [6, 6.07) is 0. The number of hydrogen-bond acceptors (Lipinski definition) is 5. The molecule has 1 aliphatic heterocycles. The molecule has 104 valence electrons. The van der Waals surface area contributed by atoms with Gasteiger partial charge in [-0.3, -0.25) is 9.59 Å². The predicted molar refractivity (Wildman–Crippen MR) is 72.9 cm³/mol. The maximum absolute atomic E-state index is 12.0. The molecule has 1 aliphatic rings. The Labute approximate surface area is 116 Å². The molecule has 1 atom stereocenters. The van der Waals surface area contributed by atoms with E-state index in [1.807, 2.05) is 6.92 Å². The SMILES string of the molecule is CCCCN1C[C@H](C(=O)Nc2nnc(C)s2)CC1=O. The van der Waals surface area contributed by atoms with Crippen molar-refractivity contribution >= 4 is 28.3 Å². The first-order valence-electron chi connectivity index (χ1n) is 6.49. The van der Waals surface area contributed by atoms with Gasteiger partial charge < -0.3 is 10.2 Å². The van der Waals surface area contributed by atoms with Gasteiger partial charge in [0.25, 0.3) is 0 Å². The number of hydrogen-bond donors (Lipinski definition) is 1. The van der Waals surface area contributed by atoms with Crippen LogP contribution >= 0.6 is 11.3 Å². The molecule has 2 heterocycles. The average Bonchev–Trinajstić information content (AvgIpc) is 2.93. The Morgan fingerprint density at radius 1 is 1.53 bits per heavy atom. The number of nitrogens with zero attached hydrogens (tertiary/aromatic N) is 3. The molecule has 1 N–H and O–H groups in total. The van der Waals surface area contributed by atoms with Crippen molar-refractivity contribution in [3.8, 4) is 0 Å². The second-order valence-corrected chi connectivity index (χ2v) is 5.89. The highest BCUT2D eigenvalue weighted by Gasteiger charge is 2.34. The molecule has 7 heteroatoms. The average molecular weight is 282 g/mol. The Morgan fingerprint density at radius 3 is 2.95 bits per heavy atom. The summed E-state index contributed by atoms with van der Waals surface area (Å²) in [5.74, 6) is -0.334. The number of unbranched alkanes of at least 4 members (excludes halogenated alkanes) is 1. The van der Waals surface area contributed by atoms with E-state index in [1.54, 1.807) is 4.90 Å². The van der Waals surface area contributed by atoms with Gasteiger partial charge in [0, 0.05) is 19.5 Å². The van der Waals surface area contributed by atoms with Gasteiger partial charge in [-0.2, -0.15) is 0 Å². The minimum absolute atomic E-state index is 0.0713. The molecule has 0 bridgehead atoms. The van der Waals surface area contributed by atoms with Crippen LogP contribution in [0.25, 0.3) is 0 Å². The molecule has 19 heavy (non-hydrogen) atoms. The predicted octanol–water partition coefficient (Wildman–Crippen LogP) is 1.43. The van der Waals surface area contributed by atoms with Crippen LogP contribution in [0, 0.1) is 12.8 Å². The van der Waals surface area contributed by atoms with Crippen LogP contribution in [-0.4, -0.2) is 40.0 Å². The van der Waals surface area contributed by atoms with E-state index in [0.29, 0.717) is 18.1 Å². The van der Waals surface area contributed by atoms with Crippen molar-refractivity contribution in [2.24, 2.45) is 5.92 Å². The highest BCUT2D eigenvalue weighted by molar-refractivity contribution is 7.15. The fourth-order valence-electron chi connectivity index (χ4n) is 2.07. The van der Waals surface area contributed by atoms with E-state index < -0.39 is 0 Å². The number of rotatable bonds is 5. The molecule has 1 aromatic heterocycles. The second-order valence-electron chi connectivity index (χ2n) is 4.71. The molecule has 2 rings (SSSR count). The molecule has 0 unspecified atom stereocenters. The van der Waals surface area contributed by atoms with Gasteiger partial charge in [0.2, 0.25) is 16.9 Å². The Balaban J connectivity index is 1.89. The summed E-state index contributed by atoms with van der Waals surface area (Å²) in [6.45, 7) is 5.18. The maximum atomic E-state index is 12.0. The van der Waals surface area contributed by atoms with Crippen LogP contribution in [0.15, 0.2) is 0 Å². The number of likely N-dealkylation sites (tertiary alicyclic amines) is 1. The molecule has 0 radical (unpaired) electrons. The molecular weight excluding hydrogens is 264 g/mol. The highest BCUT2D eigenvalue weighted by atomic mass is 32.1. The summed E-state index contributed by atoms with van der Waals surface area (Å²) < 4.78 is 0. The highest BCUT2D eigenvalue weighted by Crippen LogP contribution is 2.21. The number of aromatic nitrogens is 2. The van der Waals surface area contributed by atoms with Crippen molar-refractivity contribution in [1.82, 2.24) is 15.1 Å². The molecule has 0 aromatic carbocycles. The standard InChI is InChI=1S/C12H18N4O2S/c1-3-4-5-16-7-9(6-10(16)17)11(18)13-12-15-14-8(2)19-12/h9H,3-7H2,1-2H3,(H,13,15,18)/t9-/m1/s1. The summed E-state index contributed by atoms with van der Waals surface area (Å²) >= 11 is 1.34. The van der Waals surface area contributed by atoms with Crippen molar-refractivity contribution in [3.05, 3.63) is 5.01 Å². The van der Waals surface area contributed by atoms with Gasteiger partial charge in [-0.1, -0.05) is 24.7 Å². The van der Waals surface area contributed by atoms with E-state index in [4.69, 9.17) is 0 Å². The summed E-state index contributed by atoms with van der Waals surface area (Å²) in [4.78, 5) is 25.6. The molecule has 0 saturated carbocycles. The van der Waals surface area contributed by atoms with Gasteiger partial charge >= 0.3 is 0 Å². The minimum atomic E-state index is -0.270. The minimum Gasteiger partial charge on any atom is -0.342 e. The first kappa shape index (κ1) is 13.9. The van der Waals surface area contributed by atoms with Crippen molar-refractivity contribution in [2.45, 2.75) is 33.1 Å². The molecule has 2 amide bonds. The lowest BCUT2D eigenvalue weighted by atomic mass is 10.1. The number of nitrogens with one attached hydrogen (secondary N) is 1. The van der Waals surface area contributed by atoms with Crippen molar-refractivity contribution in [3.63, 3.8) is 0 Å². The largest absolute Gasteiger partial charge is 0.342 e. The van der Waals surface area contributed by atoms with E-state index in [2.05, 4.69) is 22.4 Å². The zero-order valence-electron chi connectivity index (χ0n) is 11.2. The van der Waals surface area contributed by atoms with E-state index in [0.717, 1.165) is 24.4 Å². The molecule has 0 aliphatic carbocycles. The maximum Gasteiger partial charge on any atom is 0.231 e. The van der Waals surface area contributed by atoms with Crippen LogP contribution in [-0.2, 0) is 9.59 Å². The van der Waals surface area contributed by atoms with E-state index >= 15 is 0 Å². The first-order valence-corrected chi connectivity index (χ1v) is 7.30. The van der Waals surface area contributed by atoms with Gasteiger partial charge in [0.05, 0.1) is 5.92 Å². The normalized spacial score (nSPS) is 18.9. The Morgan fingerprint density at radius 2 is 2.32 bits per heavy atom. The van der Waals surface area contributed by atoms with Crippen LogP contribution in [0.5, 0.6) is 0 Å². The summed E-state index contributed by atoms with van der Waals surface area (Å²) in [5.41, 5.74) is 0. The monoisotopic (exact) mass is 282 g/mol. The molecule has 1 saturated heterocycles. The third-order valence-electron chi connectivity index (χ3n) is 3.12. The number of carbonyl (C=O) groups is 2. The number of amides is 2. The molecule has 6 nitrogen and oxygen atoms in total. The van der Waals surface area contributed by atoms with E-state index in [9.17, 15) is 9.59 Å². The molecular formula is C12H18N4O2S. The van der Waals surface area contributed by atoms with Crippen molar-refractivity contribution < 1.29 is 9.59 Å². The Bertz CT molecular complexity index is 474. The fourth-order valence-corrected chi connectivity index (χ4v) is 2.66. The first-order chi connectivity index (χ1) is 9.10.